The molecule has 0 spiro atoms. The number of unbranched alkanes of at least 4 members (excludes halogenated alkanes) is 1. The molecule has 0 bridgehead atoms. The van der Waals surface area contributed by atoms with Crippen molar-refractivity contribution in [1.82, 2.24) is 10.6 Å². The van der Waals surface area contributed by atoms with Gasteiger partial charge in [-0.1, -0.05) is 37.9 Å². The Hall–Kier alpha value is -1.26. The van der Waals surface area contributed by atoms with E-state index < -0.39 is 6.10 Å². The highest BCUT2D eigenvalue weighted by Gasteiger charge is 2.16. The predicted octanol–water partition coefficient (Wildman–Crippen LogP) is 3.13. The summed E-state index contributed by atoms with van der Waals surface area (Å²) in [5.41, 5.74) is 0.884. The monoisotopic (exact) mass is 312 g/mol. The summed E-state index contributed by atoms with van der Waals surface area (Å²) >= 11 is 6.21. The minimum atomic E-state index is -0.541. The van der Waals surface area contributed by atoms with Gasteiger partial charge in [0.2, 0.25) is 0 Å². The Morgan fingerprint density at radius 1 is 1.38 bits per heavy atom. The molecule has 21 heavy (non-hydrogen) atoms. The largest absolute Gasteiger partial charge is 0.481 e. The summed E-state index contributed by atoms with van der Waals surface area (Å²) in [6.45, 7) is 8.02. The van der Waals surface area contributed by atoms with Crippen molar-refractivity contribution < 1.29 is 9.53 Å². The van der Waals surface area contributed by atoms with E-state index in [9.17, 15) is 4.79 Å². The van der Waals surface area contributed by atoms with Crippen LogP contribution in [0.4, 0.5) is 0 Å². The minimum Gasteiger partial charge on any atom is -0.481 e. The van der Waals surface area contributed by atoms with Gasteiger partial charge < -0.3 is 15.4 Å². The van der Waals surface area contributed by atoms with Crippen LogP contribution >= 0.6 is 11.6 Å². The van der Waals surface area contributed by atoms with Crippen molar-refractivity contribution in [2.24, 2.45) is 0 Å². The van der Waals surface area contributed by atoms with Gasteiger partial charge in [-0.05, 0) is 32.0 Å². The molecule has 0 aromatic heterocycles. The van der Waals surface area contributed by atoms with E-state index in [1.165, 1.54) is 0 Å². The first-order valence-corrected chi connectivity index (χ1v) is 7.90. The third-order valence-corrected chi connectivity index (χ3v) is 3.48. The number of benzene rings is 1. The third-order valence-electron chi connectivity index (χ3n) is 3.13. The van der Waals surface area contributed by atoms with Crippen molar-refractivity contribution in [3.05, 3.63) is 28.8 Å². The lowest BCUT2D eigenvalue weighted by molar-refractivity contribution is -0.127. The maximum atomic E-state index is 11.9. The van der Waals surface area contributed by atoms with Crippen molar-refractivity contribution in [3.8, 4) is 5.75 Å². The maximum absolute atomic E-state index is 11.9. The Balaban J connectivity index is 2.68. The number of nitrogens with one attached hydrogen (secondary N) is 2. The van der Waals surface area contributed by atoms with Crippen LogP contribution in [0.3, 0.4) is 0 Å². The van der Waals surface area contributed by atoms with Crippen molar-refractivity contribution in [2.75, 3.05) is 13.1 Å². The lowest BCUT2D eigenvalue weighted by atomic mass is 10.2. The first-order chi connectivity index (χ1) is 10.1. The fraction of sp³-hybridized carbons (Fsp3) is 0.562. The van der Waals surface area contributed by atoms with Crippen LogP contribution in [0, 0.1) is 0 Å². The Morgan fingerprint density at radius 3 is 2.81 bits per heavy atom. The molecule has 0 heterocycles. The molecule has 1 aromatic rings. The molecule has 1 rings (SSSR count). The van der Waals surface area contributed by atoms with Crippen LogP contribution in [0.2, 0.25) is 5.02 Å². The van der Waals surface area contributed by atoms with E-state index in [0.717, 1.165) is 24.9 Å². The van der Waals surface area contributed by atoms with E-state index in [-0.39, 0.29) is 5.91 Å². The summed E-state index contributed by atoms with van der Waals surface area (Å²) in [5, 5.41) is 6.74. The standard InChI is InChI=1S/C16H25ClN2O2/c1-4-6-10-19-16(20)12(3)21-15-9-7-8-14(17)13(15)11-18-5-2/h7-9,12,18H,4-6,10-11H2,1-3H3,(H,19,20). The lowest BCUT2D eigenvalue weighted by Gasteiger charge is -2.18. The summed E-state index contributed by atoms with van der Waals surface area (Å²) in [6.07, 6.45) is 1.48. The molecular weight excluding hydrogens is 288 g/mol. The van der Waals surface area contributed by atoms with Gasteiger partial charge in [-0.25, -0.2) is 0 Å². The number of ether oxygens (including phenoxy) is 1. The number of halogens is 1. The number of amides is 1. The molecule has 0 aliphatic heterocycles. The Kier molecular flexibility index (Phi) is 8.16. The highest BCUT2D eigenvalue weighted by molar-refractivity contribution is 6.31. The lowest BCUT2D eigenvalue weighted by Crippen LogP contribution is -2.37. The minimum absolute atomic E-state index is 0.0992. The first-order valence-electron chi connectivity index (χ1n) is 7.52. The smallest absolute Gasteiger partial charge is 0.260 e. The van der Waals surface area contributed by atoms with Crippen LogP contribution in [0.5, 0.6) is 5.75 Å². The molecule has 2 N–H and O–H groups in total. The number of carbonyl (C=O) groups excluding carboxylic acids is 1. The van der Waals surface area contributed by atoms with E-state index in [0.29, 0.717) is 23.9 Å². The number of hydrogen-bond acceptors (Lipinski definition) is 3. The van der Waals surface area contributed by atoms with Gasteiger partial charge in [0.1, 0.15) is 5.75 Å². The number of carbonyl (C=O) groups is 1. The topological polar surface area (TPSA) is 50.4 Å². The zero-order valence-corrected chi connectivity index (χ0v) is 13.8. The van der Waals surface area contributed by atoms with Gasteiger partial charge in [0.15, 0.2) is 6.10 Å². The predicted molar refractivity (Wildman–Crippen MR) is 86.8 cm³/mol. The van der Waals surface area contributed by atoms with Gasteiger partial charge in [-0.15, -0.1) is 0 Å². The van der Waals surface area contributed by atoms with Crippen LogP contribution in [-0.4, -0.2) is 25.1 Å². The van der Waals surface area contributed by atoms with Gasteiger partial charge in [-0.2, -0.15) is 0 Å². The average molecular weight is 313 g/mol. The summed E-state index contributed by atoms with van der Waals surface area (Å²) in [7, 11) is 0. The summed E-state index contributed by atoms with van der Waals surface area (Å²) < 4.78 is 5.78. The molecule has 0 saturated carbocycles. The highest BCUT2D eigenvalue weighted by atomic mass is 35.5. The summed E-state index contributed by atoms with van der Waals surface area (Å²) in [6, 6.07) is 5.50. The second-order valence-corrected chi connectivity index (χ2v) is 5.31. The number of rotatable bonds is 9. The van der Waals surface area contributed by atoms with Gasteiger partial charge in [0.05, 0.1) is 0 Å². The molecule has 0 saturated heterocycles. The second-order valence-electron chi connectivity index (χ2n) is 4.90. The molecule has 5 heteroatoms. The van der Waals surface area contributed by atoms with Crippen LogP contribution in [0.25, 0.3) is 0 Å². The van der Waals surface area contributed by atoms with E-state index in [1.54, 1.807) is 6.92 Å². The van der Waals surface area contributed by atoms with Gasteiger partial charge in [0.25, 0.3) is 5.91 Å². The molecule has 0 fully saturated rings. The fourth-order valence-electron chi connectivity index (χ4n) is 1.85. The second kappa shape index (κ2) is 9.64. The van der Waals surface area contributed by atoms with Crippen LogP contribution in [0.1, 0.15) is 39.2 Å². The molecule has 118 valence electrons. The molecule has 0 aliphatic rings. The van der Waals surface area contributed by atoms with Crippen LogP contribution in [-0.2, 0) is 11.3 Å². The zero-order valence-electron chi connectivity index (χ0n) is 13.0. The van der Waals surface area contributed by atoms with Gasteiger partial charge in [0, 0.05) is 23.7 Å². The van der Waals surface area contributed by atoms with Gasteiger partial charge >= 0.3 is 0 Å². The van der Waals surface area contributed by atoms with E-state index in [1.807, 2.05) is 25.1 Å². The Labute approximate surface area is 132 Å². The van der Waals surface area contributed by atoms with Crippen molar-refractivity contribution in [1.29, 1.82) is 0 Å². The quantitative estimate of drug-likeness (QED) is 0.689. The normalized spacial score (nSPS) is 12.0. The molecule has 1 unspecified atom stereocenters. The van der Waals surface area contributed by atoms with Crippen molar-refractivity contribution in [2.45, 2.75) is 46.3 Å². The molecule has 0 radical (unpaired) electrons. The third kappa shape index (κ3) is 5.94. The van der Waals surface area contributed by atoms with Crippen molar-refractivity contribution in [3.63, 3.8) is 0 Å². The maximum Gasteiger partial charge on any atom is 0.260 e. The molecule has 0 aliphatic carbocycles. The summed E-state index contributed by atoms with van der Waals surface area (Å²) in [4.78, 5) is 11.9. The van der Waals surface area contributed by atoms with E-state index in [2.05, 4.69) is 17.6 Å². The molecule has 1 atom stereocenters. The Bertz CT molecular complexity index is 452. The van der Waals surface area contributed by atoms with E-state index >= 15 is 0 Å². The molecule has 4 nitrogen and oxygen atoms in total. The van der Waals surface area contributed by atoms with Gasteiger partial charge in [-0.3, -0.25) is 4.79 Å². The SMILES string of the molecule is CCCCNC(=O)C(C)Oc1cccc(Cl)c1CNCC. The summed E-state index contributed by atoms with van der Waals surface area (Å²) in [5.74, 6) is 0.555. The van der Waals surface area contributed by atoms with Crippen LogP contribution < -0.4 is 15.4 Å². The zero-order chi connectivity index (χ0) is 15.7. The highest BCUT2D eigenvalue weighted by Crippen LogP contribution is 2.27. The Morgan fingerprint density at radius 2 is 2.14 bits per heavy atom. The van der Waals surface area contributed by atoms with E-state index in [4.69, 9.17) is 16.3 Å². The fourth-order valence-corrected chi connectivity index (χ4v) is 2.08. The van der Waals surface area contributed by atoms with Crippen molar-refractivity contribution >= 4 is 17.5 Å². The molecular formula is C16H25ClN2O2. The first kappa shape index (κ1) is 17.8. The number of hydrogen-bond donors (Lipinski definition) is 2. The average Bonchev–Trinajstić information content (AvgIpc) is 2.46. The molecule has 1 aromatic carbocycles. The molecule has 1 amide bonds. The van der Waals surface area contributed by atoms with Crippen LogP contribution in [0.15, 0.2) is 18.2 Å².